The Labute approximate surface area is 155 Å². The van der Waals surface area contributed by atoms with Crippen molar-refractivity contribution in [3.05, 3.63) is 52.7 Å². The van der Waals surface area contributed by atoms with Crippen molar-refractivity contribution in [2.75, 3.05) is 5.73 Å². The maximum atomic E-state index is 10.9. The van der Waals surface area contributed by atoms with Crippen LogP contribution in [0.5, 0.6) is 0 Å². The molecule has 5 nitrogen and oxygen atoms in total. The molecule has 0 saturated heterocycles. The molecule has 2 N–H and O–H groups in total. The predicted octanol–water partition coefficient (Wildman–Crippen LogP) is 4.43. The van der Waals surface area contributed by atoms with Gasteiger partial charge in [0, 0.05) is 18.5 Å². The van der Waals surface area contributed by atoms with Gasteiger partial charge in [-0.3, -0.25) is 4.79 Å². The molecule has 0 saturated carbocycles. The Hall–Kier alpha value is -2.73. The molecule has 1 aromatic carbocycles. The second-order valence-corrected chi connectivity index (χ2v) is 7.32. The van der Waals surface area contributed by atoms with Crippen LogP contribution in [0.15, 0.2) is 35.7 Å². The second-order valence-electron chi connectivity index (χ2n) is 6.41. The van der Waals surface area contributed by atoms with Crippen LogP contribution in [0.1, 0.15) is 41.5 Å². The number of hydrogen-bond acceptors (Lipinski definition) is 5. The Bertz CT molecular complexity index is 1080. The van der Waals surface area contributed by atoms with E-state index in [1.54, 1.807) is 11.3 Å². The molecule has 0 amide bonds. The van der Waals surface area contributed by atoms with Gasteiger partial charge < -0.3 is 10.3 Å². The summed E-state index contributed by atoms with van der Waals surface area (Å²) >= 11 is 1.67. The molecule has 0 spiro atoms. The first kappa shape index (κ1) is 16.7. The SMILES string of the molecule is CCCCc1nc2c(N)nc3ccsc3c2n1Cc1ccc(C=O)cc1. The van der Waals surface area contributed by atoms with Gasteiger partial charge in [0.1, 0.15) is 17.6 Å². The van der Waals surface area contributed by atoms with Crippen molar-refractivity contribution < 1.29 is 4.79 Å². The van der Waals surface area contributed by atoms with Crippen molar-refractivity contribution in [1.29, 1.82) is 0 Å². The van der Waals surface area contributed by atoms with Crippen molar-refractivity contribution in [3.8, 4) is 0 Å². The maximum Gasteiger partial charge on any atom is 0.152 e. The molecule has 0 fully saturated rings. The van der Waals surface area contributed by atoms with Gasteiger partial charge in [0.15, 0.2) is 5.82 Å². The molecular formula is C20H20N4OS. The Morgan fingerprint density at radius 1 is 1.19 bits per heavy atom. The average molecular weight is 364 g/mol. The van der Waals surface area contributed by atoms with E-state index in [0.29, 0.717) is 17.9 Å². The van der Waals surface area contributed by atoms with Crippen molar-refractivity contribution >= 4 is 44.7 Å². The van der Waals surface area contributed by atoms with Crippen molar-refractivity contribution in [2.45, 2.75) is 32.7 Å². The zero-order chi connectivity index (χ0) is 18.1. The summed E-state index contributed by atoms with van der Waals surface area (Å²) in [5.41, 5.74) is 10.8. The molecule has 0 bridgehead atoms. The lowest BCUT2D eigenvalue weighted by Gasteiger charge is -2.10. The molecule has 4 aromatic rings. The quantitative estimate of drug-likeness (QED) is 0.514. The van der Waals surface area contributed by atoms with E-state index >= 15 is 0 Å². The topological polar surface area (TPSA) is 73.8 Å². The van der Waals surface area contributed by atoms with Gasteiger partial charge in [-0.2, -0.15) is 0 Å². The van der Waals surface area contributed by atoms with Crippen LogP contribution in [0.4, 0.5) is 5.82 Å². The fourth-order valence-electron chi connectivity index (χ4n) is 3.24. The highest BCUT2D eigenvalue weighted by atomic mass is 32.1. The standard InChI is InChI=1S/C20H20N4OS/c1-2-3-4-16-23-17-18(19-15(9-10-26-19)22-20(17)21)24(16)11-13-5-7-14(12-25)8-6-13/h5-10,12H,2-4,11H2,1H3,(H2,21,22). The van der Waals surface area contributed by atoms with Gasteiger partial charge in [0.25, 0.3) is 0 Å². The van der Waals surface area contributed by atoms with Crippen LogP contribution >= 0.6 is 11.3 Å². The van der Waals surface area contributed by atoms with E-state index in [0.717, 1.165) is 58.2 Å². The van der Waals surface area contributed by atoms with Crippen LogP contribution in [-0.2, 0) is 13.0 Å². The Kier molecular flexibility index (Phi) is 4.42. The lowest BCUT2D eigenvalue weighted by atomic mass is 10.1. The Balaban J connectivity index is 1.89. The molecular weight excluding hydrogens is 344 g/mol. The summed E-state index contributed by atoms with van der Waals surface area (Å²) in [4.78, 5) is 20.2. The minimum atomic E-state index is 0.485. The summed E-state index contributed by atoms with van der Waals surface area (Å²) in [7, 11) is 0. The maximum absolute atomic E-state index is 10.9. The molecule has 0 aliphatic carbocycles. The molecule has 0 aliphatic heterocycles. The molecule has 0 radical (unpaired) electrons. The van der Waals surface area contributed by atoms with Crippen LogP contribution < -0.4 is 5.73 Å². The highest BCUT2D eigenvalue weighted by molar-refractivity contribution is 7.18. The molecule has 0 aliphatic rings. The van der Waals surface area contributed by atoms with Gasteiger partial charge in [-0.15, -0.1) is 11.3 Å². The number of anilines is 1. The number of imidazole rings is 1. The third kappa shape index (κ3) is 2.86. The molecule has 6 heteroatoms. The smallest absolute Gasteiger partial charge is 0.152 e. The fourth-order valence-corrected chi connectivity index (χ4v) is 4.12. The highest BCUT2D eigenvalue weighted by Gasteiger charge is 2.18. The summed E-state index contributed by atoms with van der Waals surface area (Å²) in [6.07, 6.45) is 3.96. The van der Waals surface area contributed by atoms with Crippen LogP contribution in [0.25, 0.3) is 21.3 Å². The first-order valence-electron chi connectivity index (χ1n) is 8.77. The lowest BCUT2D eigenvalue weighted by Crippen LogP contribution is -2.06. The molecule has 26 heavy (non-hydrogen) atoms. The fraction of sp³-hybridized carbons (Fsp3) is 0.250. The average Bonchev–Trinajstić information content (AvgIpc) is 3.25. The number of aryl methyl sites for hydroxylation is 1. The minimum Gasteiger partial charge on any atom is -0.382 e. The Morgan fingerprint density at radius 3 is 2.73 bits per heavy atom. The van der Waals surface area contributed by atoms with Crippen LogP contribution in [0, 0.1) is 0 Å². The number of hydrogen-bond donors (Lipinski definition) is 1. The normalized spacial score (nSPS) is 11.4. The lowest BCUT2D eigenvalue weighted by molar-refractivity contribution is 0.112. The number of thiophene rings is 1. The van der Waals surface area contributed by atoms with Crippen LogP contribution in [-0.4, -0.2) is 20.8 Å². The second kappa shape index (κ2) is 6.88. The van der Waals surface area contributed by atoms with Crippen molar-refractivity contribution in [1.82, 2.24) is 14.5 Å². The summed E-state index contributed by atoms with van der Waals surface area (Å²) in [5, 5.41) is 2.04. The van der Waals surface area contributed by atoms with E-state index < -0.39 is 0 Å². The van der Waals surface area contributed by atoms with E-state index in [9.17, 15) is 4.79 Å². The number of pyridine rings is 1. The van der Waals surface area contributed by atoms with E-state index in [-0.39, 0.29) is 0 Å². The van der Waals surface area contributed by atoms with Crippen molar-refractivity contribution in [2.24, 2.45) is 0 Å². The minimum absolute atomic E-state index is 0.485. The number of carbonyl (C=O) groups is 1. The van der Waals surface area contributed by atoms with Crippen LogP contribution in [0.2, 0.25) is 0 Å². The summed E-state index contributed by atoms with van der Waals surface area (Å²) in [6.45, 7) is 2.88. The molecule has 0 atom stereocenters. The van der Waals surface area contributed by atoms with E-state index in [2.05, 4.69) is 16.5 Å². The number of fused-ring (bicyclic) bond motifs is 3. The predicted molar refractivity (Wildman–Crippen MR) is 107 cm³/mol. The summed E-state index contributed by atoms with van der Waals surface area (Å²) in [5.74, 6) is 1.52. The molecule has 132 valence electrons. The van der Waals surface area contributed by atoms with E-state index in [1.807, 2.05) is 35.7 Å². The van der Waals surface area contributed by atoms with Crippen molar-refractivity contribution in [3.63, 3.8) is 0 Å². The van der Waals surface area contributed by atoms with Gasteiger partial charge in [-0.25, -0.2) is 9.97 Å². The van der Waals surface area contributed by atoms with Gasteiger partial charge >= 0.3 is 0 Å². The van der Waals surface area contributed by atoms with Gasteiger partial charge in [-0.1, -0.05) is 37.6 Å². The van der Waals surface area contributed by atoms with Gasteiger partial charge in [0.2, 0.25) is 0 Å². The third-order valence-corrected chi connectivity index (χ3v) is 5.51. The highest BCUT2D eigenvalue weighted by Crippen LogP contribution is 2.33. The van der Waals surface area contributed by atoms with Gasteiger partial charge in [-0.05, 0) is 23.4 Å². The number of carbonyl (C=O) groups excluding carboxylic acids is 1. The summed E-state index contributed by atoms with van der Waals surface area (Å²) in [6, 6.07) is 9.69. The number of aromatic nitrogens is 3. The molecule has 4 rings (SSSR count). The monoisotopic (exact) mass is 364 g/mol. The first-order valence-corrected chi connectivity index (χ1v) is 9.65. The molecule has 0 unspecified atom stereocenters. The molecule has 3 heterocycles. The largest absolute Gasteiger partial charge is 0.382 e. The number of unbranched alkanes of at least 4 members (excludes halogenated alkanes) is 1. The zero-order valence-corrected chi connectivity index (χ0v) is 15.4. The number of nitrogens with two attached hydrogens (primary N) is 1. The number of nitrogens with zero attached hydrogens (tertiary/aromatic N) is 3. The van der Waals surface area contributed by atoms with Crippen LogP contribution in [0.3, 0.4) is 0 Å². The number of aldehydes is 1. The van der Waals surface area contributed by atoms with Gasteiger partial charge in [0.05, 0.1) is 15.7 Å². The van der Waals surface area contributed by atoms with E-state index in [1.165, 1.54) is 0 Å². The van der Waals surface area contributed by atoms with E-state index in [4.69, 9.17) is 10.7 Å². The number of nitrogen functional groups attached to an aromatic ring is 1. The number of rotatable bonds is 6. The summed E-state index contributed by atoms with van der Waals surface area (Å²) < 4.78 is 3.38. The number of benzene rings is 1. The third-order valence-electron chi connectivity index (χ3n) is 4.60. The molecule has 3 aromatic heterocycles. The first-order chi connectivity index (χ1) is 12.7. The Morgan fingerprint density at radius 2 is 2.00 bits per heavy atom. The zero-order valence-electron chi connectivity index (χ0n) is 14.6.